The number of nitrogen functional groups attached to an aromatic ring is 2. The Bertz CT molecular complexity index is 1060. The fraction of sp³-hybridized carbons (Fsp3) is 0.594. The summed E-state index contributed by atoms with van der Waals surface area (Å²) in [6.07, 6.45) is 14.9. The van der Waals surface area contributed by atoms with E-state index in [0.717, 1.165) is 36.5 Å². The first-order valence-electron chi connectivity index (χ1n) is 13.8. The van der Waals surface area contributed by atoms with E-state index in [4.69, 9.17) is 16.2 Å². The molecule has 4 rings (SSSR count). The first kappa shape index (κ1) is 26.0. The third-order valence-electron chi connectivity index (χ3n) is 8.72. The highest BCUT2D eigenvalue weighted by atomic mass is 16.5. The van der Waals surface area contributed by atoms with Crippen LogP contribution in [0.3, 0.4) is 0 Å². The monoisotopic (exact) mass is 484 g/mol. The van der Waals surface area contributed by atoms with Crippen LogP contribution in [-0.4, -0.2) is 12.1 Å². The molecule has 0 saturated heterocycles. The summed E-state index contributed by atoms with van der Waals surface area (Å²) >= 11 is 0. The van der Waals surface area contributed by atoms with Crippen LogP contribution in [-0.2, 0) is 4.74 Å². The molecule has 0 atom stereocenters. The van der Waals surface area contributed by atoms with Gasteiger partial charge in [0.25, 0.3) is 0 Å². The van der Waals surface area contributed by atoms with Crippen LogP contribution in [0, 0.1) is 65.1 Å². The summed E-state index contributed by atoms with van der Waals surface area (Å²) in [7, 11) is 0. The minimum atomic E-state index is -0.308. The Balaban J connectivity index is 1.16. The van der Waals surface area contributed by atoms with Gasteiger partial charge < -0.3 is 16.2 Å². The van der Waals surface area contributed by atoms with Gasteiger partial charge in [0.15, 0.2) is 0 Å². The third kappa shape index (κ3) is 7.24. The second kappa shape index (κ2) is 12.8. The van der Waals surface area contributed by atoms with Crippen molar-refractivity contribution in [3.8, 4) is 35.5 Å². The van der Waals surface area contributed by atoms with E-state index >= 15 is 0 Å². The summed E-state index contributed by atoms with van der Waals surface area (Å²) in [6.45, 7) is 1.79. The van der Waals surface area contributed by atoms with Crippen molar-refractivity contribution in [2.75, 3.05) is 11.5 Å². The molecule has 0 bridgehead atoms. The van der Waals surface area contributed by atoms with Gasteiger partial charge in [-0.05, 0) is 150 Å². The topological polar surface area (TPSA) is 78.3 Å². The van der Waals surface area contributed by atoms with E-state index in [1.54, 1.807) is 25.1 Å². The van der Waals surface area contributed by atoms with Crippen LogP contribution in [0.5, 0.6) is 0 Å². The molecule has 36 heavy (non-hydrogen) atoms. The zero-order valence-electron chi connectivity index (χ0n) is 21.7. The van der Waals surface area contributed by atoms with Gasteiger partial charge in [-0.25, -0.2) is 4.79 Å². The standard InChI is InChI=1S/C32H40N2O2/c1-2-3-4-5-6-7-23-8-10-24(11-9-23)25-12-14-26(15-13-25)27-16-18-31(19-17-27)36-32(35)28-20-29(33)22-30(34)21-28/h20-27,31H,8-19,33-34H2,1H3. The quantitative estimate of drug-likeness (QED) is 0.303. The van der Waals surface area contributed by atoms with E-state index < -0.39 is 0 Å². The molecule has 3 aliphatic rings. The molecule has 0 spiro atoms. The molecule has 0 heterocycles. The van der Waals surface area contributed by atoms with E-state index in [2.05, 4.69) is 35.5 Å². The molecule has 4 heteroatoms. The molecule has 1 aromatic rings. The van der Waals surface area contributed by atoms with E-state index in [9.17, 15) is 4.79 Å². The van der Waals surface area contributed by atoms with E-state index in [0.29, 0.717) is 22.9 Å². The SMILES string of the molecule is CC#CC#CC#CC1CCC(C2CCC(C3CCC(OC(=O)c4cc(N)cc(N)c4)CC3)CC2)CC1. The van der Waals surface area contributed by atoms with Gasteiger partial charge in [0.2, 0.25) is 0 Å². The highest BCUT2D eigenvalue weighted by Crippen LogP contribution is 2.45. The number of rotatable bonds is 4. The molecule has 3 saturated carbocycles. The van der Waals surface area contributed by atoms with Gasteiger partial charge >= 0.3 is 5.97 Å². The summed E-state index contributed by atoms with van der Waals surface area (Å²) < 4.78 is 5.80. The molecular weight excluding hydrogens is 444 g/mol. The molecule has 0 amide bonds. The number of hydrogen-bond acceptors (Lipinski definition) is 4. The zero-order chi connectivity index (χ0) is 25.3. The molecule has 190 valence electrons. The lowest BCUT2D eigenvalue weighted by molar-refractivity contribution is 0.0101. The Labute approximate surface area is 217 Å². The largest absolute Gasteiger partial charge is 0.459 e. The highest BCUT2D eigenvalue weighted by Gasteiger charge is 2.35. The van der Waals surface area contributed by atoms with Crippen LogP contribution >= 0.6 is 0 Å². The van der Waals surface area contributed by atoms with Gasteiger partial charge in [0.1, 0.15) is 6.10 Å². The summed E-state index contributed by atoms with van der Waals surface area (Å²) in [6, 6.07) is 4.93. The minimum absolute atomic E-state index is 0.0107. The summed E-state index contributed by atoms with van der Waals surface area (Å²) in [5.41, 5.74) is 13.1. The molecule has 0 radical (unpaired) electrons. The molecule has 0 aromatic heterocycles. The molecule has 3 aliphatic carbocycles. The van der Waals surface area contributed by atoms with E-state index in [1.807, 2.05) is 0 Å². The number of carbonyl (C=O) groups excluding carboxylic acids is 1. The van der Waals surface area contributed by atoms with Crippen molar-refractivity contribution in [2.24, 2.45) is 29.6 Å². The fourth-order valence-electron chi connectivity index (χ4n) is 6.78. The van der Waals surface area contributed by atoms with Crippen molar-refractivity contribution < 1.29 is 9.53 Å². The average Bonchev–Trinajstić information content (AvgIpc) is 2.89. The second-order valence-corrected chi connectivity index (χ2v) is 11.0. The van der Waals surface area contributed by atoms with Gasteiger partial charge in [-0.2, -0.15) is 0 Å². The predicted octanol–water partition coefficient (Wildman–Crippen LogP) is 6.21. The van der Waals surface area contributed by atoms with E-state index in [1.165, 1.54) is 64.2 Å². The number of ether oxygens (including phenoxy) is 1. The Morgan fingerprint density at radius 1 is 0.694 bits per heavy atom. The lowest BCUT2D eigenvalue weighted by atomic mass is 9.65. The zero-order valence-corrected chi connectivity index (χ0v) is 21.7. The Kier molecular flexibility index (Phi) is 9.25. The minimum Gasteiger partial charge on any atom is -0.459 e. The van der Waals surface area contributed by atoms with Crippen molar-refractivity contribution in [1.29, 1.82) is 0 Å². The number of nitrogens with two attached hydrogens (primary N) is 2. The summed E-state index contributed by atoms with van der Waals surface area (Å²) in [5.74, 6) is 21.1. The molecule has 0 unspecified atom stereocenters. The first-order chi connectivity index (χ1) is 17.5. The third-order valence-corrected chi connectivity index (χ3v) is 8.72. The predicted molar refractivity (Wildman–Crippen MR) is 146 cm³/mol. The van der Waals surface area contributed by atoms with Crippen LogP contribution < -0.4 is 11.5 Å². The van der Waals surface area contributed by atoms with Gasteiger partial charge in [0.05, 0.1) is 5.56 Å². The Morgan fingerprint density at radius 3 is 1.69 bits per heavy atom. The van der Waals surface area contributed by atoms with Gasteiger partial charge in [-0.15, -0.1) is 0 Å². The smallest absolute Gasteiger partial charge is 0.338 e. The van der Waals surface area contributed by atoms with Crippen LogP contribution in [0.25, 0.3) is 0 Å². The molecule has 4 N–H and O–H groups in total. The van der Waals surface area contributed by atoms with Crippen molar-refractivity contribution in [1.82, 2.24) is 0 Å². The van der Waals surface area contributed by atoms with Crippen molar-refractivity contribution in [3.63, 3.8) is 0 Å². The maximum Gasteiger partial charge on any atom is 0.338 e. The van der Waals surface area contributed by atoms with Crippen LogP contribution in [0.1, 0.15) is 94.3 Å². The maximum absolute atomic E-state index is 12.5. The molecular formula is C32H40N2O2. The van der Waals surface area contributed by atoms with Crippen LogP contribution in [0.2, 0.25) is 0 Å². The fourth-order valence-corrected chi connectivity index (χ4v) is 6.78. The number of hydrogen-bond donors (Lipinski definition) is 2. The molecule has 3 fully saturated rings. The van der Waals surface area contributed by atoms with Crippen molar-refractivity contribution in [3.05, 3.63) is 23.8 Å². The van der Waals surface area contributed by atoms with Crippen LogP contribution in [0.4, 0.5) is 11.4 Å². The highest BCUT2D eigenvalue weighted by molar-refractivity contribution is 5.91. The number of benzene rings is 1. The summed E-state index contributed by atoms with van der Waals surface area (Å²) in [4.78, 5) is 12.5. The normalized spacial score (nSPS) is 29.8. The number of esters is 1. The molecule has 0 aliphatic heterocycles. The molecule has 1 aromatic carbocycles. The average molecular weight is 485 g/mol. The van der Waals surface area contributed by atoms with Gasteiger partial charge in [0, 0.05) is 17.3 Å². The number of carbonyl (C=O) groups is 1. The van der Waals surface area contributed by atoms with Gasteiger partial charge in [-0.3, -0.25) is 0 Å². The Hall–Kier alpha value is -3.03. The number of anilines is 2. The lowest BCUT2D eigenvalue weighted by Gasteiger charge is -2.41. The lowest BCUT2D eigenvalue weighted by Crippen LogP contribution is -2.31. The van der Waals surface area contributed by atoms with Crippen LogP contribution in [0.15, 0.2) is 18.2 Å². The van der Waals surface area contributed by atoms with Crippen molar-refractivity contribution >= 4 is 17.3 Å². The second-order valence-electron chi connectivity index (χ2n) is 11.0. The summed E-state index contributed by atoms with van der Waals surface area (Å²) in [5, 5.41) is 0. The molecule has 4 nitrogen and oxygen atoms in total. The maximum atomic E-state index is 12.5. The van der Waals surface area contributed by atoms with Crippen molar-refractivity contribution in [2.45, 2.75) is 90.1 Å². The first-order valence-corrected chi connectivity index (χ1v) is 13.8. The van der Waals surface area contributed by atoms with E-state index in [-0.39, 0.29) is 12.1 Å². The Morgan fingerprint density at radius 2 is 1.17 bits per heavy atom. The van der Waals surface area contributed by atoms with Gasteiger partial charge in [-0.1, -0.05) is 11.8 Å².